The Morgan fingerprint density at radius 3 is 1.62 bits per heavy atom. The van der Waals surface area contributed by atoms with E-state index in [9.17, 15) is 4.79 Å². The molecule has 0 saturated heterocycles. The predicted molar refractivity (Wildman–Crippen MR) is 94.6 cm³/mol. The van der Waals surface area contributed by atoms with E-state index in [1.54, 1.807) is 0 Å². The Kier molecular flexibility index (Phi) is 26.4. The van der Waals surface area contributed by atoms with Gasteiger partial charge in [0, 0.05) is 13.2 Å². The number of nitrogens with one attached hydrogen (secondary N) is 1. The summed E-state index contributed by atoms with van der Waals surface area (Å²) in [6.45, 7) is 12.3. The molecule has 0 fully saturated rings. The van der Waals surface area contributed by atoms with Gasteiger partial charge in [0.25, 0.3) is 0 Å². The molecule has 0 rings (SSSR count). The van der Waals surface area contributed by atoms with Crippen LogP contribution in [0.25, 0.3) is 0 Å². The first-order valence-corrected chi connectivity index (χ1v) is 8.69. The number of aldehydes is 1. The zero-order chi connectivity index (χ0) is 18.3. The van der Waals surface area contributed by atoms with Crippen molar-refractivity contribution in [3.05, 3.63) is 0 Å². The van der Waals surface area contributed by atoms with Crippen molar-refractivity contribution in [2.75, 3.05) is 73.1 Å². The first-order chi connectivity index (χ1) is 11.7. The third-order valence-electron chi connectivity index (χ3n) is 2.46. The second-order valence-corrected chi connectivity index (χ2v) is 5.10. The average molecular weight is 351 g/mol. The van der Waals surface area contributed by atoms with Gasteiger partial charge >= 0.3 is 0 Å². The van der Waals surface area contributed by atoms with Crippen molar-refractivity contribution in [3.8, 4) is 0 Å². The van der Waals surface area contributed by atoms with Gasteiger partial charge in [-0.05, 0) is 27.3 Å². The fraction of sp³-hybridized carbons (Fsp3) is 0.941. The molecule has 0 radical (unpaired) electrons. The summed E-state index contributed by atoms with van der Waals surface area (Å²) in [7, 11) is 1.90. The largest absolute Gasteiger partial charge is 0.379 e. The highest BCUT2D eigenvalue weighted by molar-refractivity contribution is 5.50. The Morgan fingerprint density at radius 1 is 0.833 bits per heavy atom. The first-order valence-electron chi connectivity index (χ1n) is 8.69. The molecule has 1 N–H and O–H groups in total. The maximum Gasteiger partial charge on any atom is 0.145 e. The normalized spacial score (nSPS) is 10.5. The Labute approximate surface area is 147 Å². The van der Waals surface area contributed by atoms with Crippen LogP contribution in [0.1, 0.15) is 27.2 Å². The van der Waals surface area contributed by atoms with E-state index in [2.05, 4.69) is 12.2 Å². The molecule has 0 aliphatic rings. The Hall–Kier alpha value is -0.570. The van der Waals surface area contributed by atoms with E-state index in [-0.39, 0.29) is 12.7 Å². The molecular weight excluding hydrogens is 314 g/mol. The third kappa shape index (κ3) is 29.4. The molecule has 7 nitrogen and oxygen atoms in total. The number of carbonyl (C=O) groups is 1. The van der Waals surface area contributed by atoms with Crippen LogP contribution in [0, 0.1) is 0 Å². The topological polar surface area (TPSA) is 75.3 Å². The van der Waals surface area contributed by atoms with Crippen molar-refractivity contribution in [1.82, 2.24) is 5.32 Å². The highest BCUT2D eigenvalue weighted by atomic mass is 16.6. The van der Waals surface area contributed by atoms with Crippen molar-refractivity contribution >= 4 is 6.29 Å². The number of ether oxygens (including phenoxy) is 5. The molecule has 146 valence electrons. The highest BCUT2D eigenvalue weighted by Gasteiger charge is 1.92. The molecule has 0 aromatic rings. The van der Waals surface area contributed by atoms with E-state index in [0.29, 0.717) is 39.6 Å². The van der Waals surface area contributed by atoms with Crippen LogP contribution in [0.3, 0.4) is 0 Å². The maximum atomic E-state index is 9.58. The summed E-state index contributed by atoms with van der Waals surface area (Å²) in [5, 5.41) is 3.01. The molecule has 0 aromatic heterocycles. The number of carbonyl (C=O) groups excluding carboxylic acids is 1. The van der Waals surface area contributed by atoms with Gasteiger partial charge in [-0.15, -0.1) is 0 Å². The fourth-order valence-corrected chi connectivity index (χ4v) is 1.31. The Balaban J connectivity index is 0. The van der Waals surface area contributed by atoms with Crippen LogP contribution in [0.15, 0.2) is 0 Å². The summed E-state index contributed by atoms with van der Waals surface area (Å²) in [6, 6.07) is 0. The van der Waals surface area contributed by atoms with Gasteiger partial charge < -0.3 is 33.8 Å². The molecule has 0 aliphatic carbocycles. The summed E-state index contributed by atoms with van der Waals surface area (Å²) in [5.41, 5.74) is 0. The second kappa shape index (κ2) is 24.7. The molecule has 0 unspecified atom stereocenters. The van der Waals surface area contributed by atoms with Gasteiger partial charge in [-0.2, -0.15) is 0 Å². The van der Waals surface area contributed by atoms with Gasteiger partial charge in [-0.25, -0.2) is 0 Å². The quantitative estimate of drug-likeness (QED) is 0.313. The van der Waals surface area contributed by atoms with Crippen LogP contribution in [0.4, 0.5) is 0 Å². The molecular formula is C17H37NO6. The molecule has 0 heterocycles. The second-order valence-electron chi connectivity index (χ2n) is 5.10. The maximum absolute atomic E-state index is 9.58. The summed E-state index contributed by atoms with van der Waals surface area (Å²) < 4.78 is 26.0. The monoisotopic (exact) mass is 351 g/mol. The zero-order valence-electron chi connectivity index (χ0n) is 15.9. The number of hydrogen-bond acceptors (Lipinski definition) is 7. The first kappa shape index (κ1) is 25.7. The van der Waals surface area contributed by atoms with E-state index in [1.807, 2.05) is 20.9 Å². The molecule has 0 saturated carbocycles. The van der Waals surface area contributed by atoms with Gasteiger partial charge in [0.15, 0.2) is 0 Å². The fourth-order valence-electron chi connectivity index (χ4n) is 1.31. The standard InChI is InChI=1S/C12H27NO4.C5H10O2/c1-3-5-14-7-9-16-11-12-17-10-8-15-6-4-13-2;1-5(2)7-4-3-6/h13H,3-12H2,1-2H3;3,5H,4H2,1-2H3. The van der Waals surface area contributed by atoms with E-state index >= 15 is 0 Å². The molecule has 0 aliphatic heterocycles. The van der Waals surface area contributed by atoms with Gasteiger partial charge in [-0.1, -0.05) is 6.92 Å². The minimum absolute atomic E-state index is 0.171. The van der Waals surface area contributed by atoms with E-state index in [0.717, 1.165) is 32.5 Å². The smallest absolute Gasteiger partial charge is 0.145 e. The van der Waals surface area contributed by atoms with E-state index in [1.165, 1.54) is 0 Å². The minimum Gasteiger partial charge on any atom is -0.379 e. The molecule has 0 spiro atoms. The molecule has 24 heavy (non-hydrogen) atoms. The lowest BCUT2D eigenvalue weighted by Crippen LogP contribution is -2.17. The van der Waals surface area contributed by atoms with Crippen LogP contribution in [0.2, 0.25) is 0 Å². The van der Waals surface area contributed by atoms with Crippen molar-refractivity contribution in [2.24, 2.45) is 0 Å². The van der Waals surface area contributed by atoms with Gasteiger partial charge in [0.2, 0.25) is 0 Å². The Morgan fingerprint density at radius 2 is 1.29 bits per heavy atom. The molecule has 0 amide bonds. The summed E-state index contributed by atoms with van der Waals surface area (Å²) in [4.78, 5) is 9.58. The Bertz CT molecular complexity index is 215. The lowest BCUT2D eigenvalue weighted by Gasteiger charge is -2.07. The van der Waals surface area contributed by atoms with Gasteiger partial charge in [-0.3, -0.25) is 0 Å². The summed E-state index contributed by atoms with van der Waals surface area (Å²) >= 11 is 0. The molecule has 0 atom stereocenters. The van der Waals surface area contributed by atoms with Crippen LogP contribution in [-0.4, -0.2) is 85.4 Å². The van der Waals surface area contributed by atoms with Crippen LogP contribution < -0.4 is 5.32 Å². The number of likely N-dealkylation sites (N-methyl/N-ethyl adjacent to an activating group) is 1. The zero-order valence-corrected chi connectivity index (χ0v) is 15.9. The van der Waals surface area contributed by atoms with Crippen LogP contribution in [-0.2, 0) is 28.5 Å². The van der Waals surface area contributed by atoms with Crippen LogP contribution >= 0.6 is 0 Å². The molecule has 0 aromatic carbocycles. The summed E-state index contributed by atoms with van der Waals surface area (Å²) in [5.74, 6) is 0. The van der Waals surface area contributed by atoms with Gasteiger partial charge in [0.05, 0.1) is 52.4 Å². The number of rotatable bonds is 17. The SMILES string of the molecule is CC(C)OCC=O.CCCOCCOCCOCCOCCNC. The van der Waals surface area contributed by atoms with Crippen LogP contribution in [0.5, 0.6) is 0 Å². The van der Waals surface area contributed by atoms with Crippen molar-refractivity contribution in [3.63, 3.8) is 0 Å². The van der Waals surface area contributed by atoms with Crippen molar-refractivity contribution in [1.29, 1.82) is 0 Å². The van der Waals surface area contributed by atoms with E-state index in [4.69, 9.17) is 23.7 Å². The van der Waals surface area contributed by atoms with E-state index < -0.39 is 0 Å². The lowest BCUT2D eigenvalue weighted by molar-refractivity contribution is -0.113. The molecule has 0 bridgehead atoms. The van der Waals surface area contributed by atoms with Crippen molar-refractivity contribution < 1.29 is 28.5 Å². The molecule has 7 heteroatoms. The average Bonchev–Trinajstić information content (AvgIpc) is 2.58. The third-order valence-corrected chi connectivity index (χ3v) is 2.46. The minimum atomic E-state index is 0.171. The predicted octanol–water partition coefficient (Wildman–Crippen LogP) is 1.29. The lowest BCUT2D eigenvalue weighted by atomic mass is 10.5. The van der Waals surface area contributed by atoms with Crippen molar-refractivity contribution in [2.45, 2.75) is 33.3 Å². The summed E-state index contributed by atoms with van der Waals surface area (Å²) in [6.07, 6.45) is 1.97. The van der Waals surface area contributed by atoms with Gasteiger partial charge in [0.1, 0.15) is 12.9 Å². The number of hydrogen-bond donors (Lipinski definition) is 1. The highest BCUT2D eigenvalue weighted by Crippen LogP contribution is 1.84.